The molecule has 1 aromatic carbocycles. The molecular formula is C17H23N3O3. The summed E-state index contributed by atoms with van der Waals surface area (Å²) in [5.74, 6) is 0.755. The highest BCUT2D eigenvalue weighted by molar-refractivity contribution is 5.69. The van der Waals surface area contributed by atoms with Crippen LogP contribution in [-0.4, -0.2) is 42.8 Å². The van der Waals surface area contributed by atoms with Gasteiger partial charge in [0.2, 0.25) is 0 Å². The minimum absolute atomic E-state index is 0.0919. The number of carbonyl (C=O) groups excluding carboxylic acids is 1. The van der Waals surface area contributed by atoms with Crippen molar-refractivity contribution >= 4 is 6.09 Å². The number of carbonyl (C=O) groups is 1. The van der Waals surface area contributed by atoms with Crippen molar-refractivity contribution in [3.05, 3.63) is 29.8 Å². The smallest absolute Gasteiger partial charge is 0.410 e. The lowest BCUT2D eigenvalue weighted by Gasteiger charge is -2.41. The number of ether oxygens (including phenoxy) is 2. The molecule has 1 atom stereocenters. The van der Waals surface area contributed by atoms with E-state index in [4.69, 9.17) is 9.47 Å². The molecule has 1 aromatic rings. The highest BCUT2D eigenvalue weighted by Gasteiger charge is 2.34. The van der Waals surface area contributed by atoms with Crippen molar-refractivity contribution in [1.82, 2.24) is 10.2 Å². The molecule has 0 bridgehead atoms. The number of hydrogen-bond acceptors (Lipinski definition) is 5. The zero-order valence-electron chi connectivity index (χ0n) is 14.0. The predicted octanol–water partition coefficient (Wildman–Crippen LogP) is 2.47. The van der Waals surface area contributed by atoms with Gasteiger partial charge < -0.3 is 14.4 Å². The third-order valence-electron chi connectivity index (χ3n) is 3.51. The summed E-state index contributed by atoms with van der Waals surface area (Å²) in [6, 6.07) is 9.32. The van der Waals surface area contributed by atoms with Gasteiger partial charge in [-0.15, -0.1) is 0 Å². The highest BCUT2D eigenvalue weighted by Crippen LogP contribution is 2.21. The first-order valence-corrected chi connectivity index (χ1v) is 7.60. The Morgan fingerprint density at radius 3 is 2.43 bits per heavy atom. The van der Waals surface area contributed by atoms with Crippen LogP contribution in [0.15, 0.2) is 24.3 Å². The normalized spacial score (nSPS) is 16.2. The second kappa shape index (κ2) is 6.88. The number of nitrogens with one attached hydrogen (secondary N) is 1. The van der Waals surface area contributed by atoms with Crippen LogP contribution in [0.4, 0.5) is 4.79 Å². The van der Waals surface area contributed by atoms with Gasteiger partial charge in [-0.2, -0.15) is 5.26 Å². The summed E-state index contributed by atoms with van der Waals surface area (Å²) < 4.78 is 10.4. The van der Waals surface area contributed by atoms with E-state index in [0.29, 0.717) is 13.1 Å². The van der Waals surface area contributed by atoms with Crippen LogP contribution in [-0.2, 0) is 4.74 Å². The van der Waals surface area contributed by atoms with Crippen molar-refractivity contribution in [2.45, 2.75) is 38.5 Å². The molecule has 1 saturated heterocycles. The predicted molar refractivity (Wildman–Crippen MR) is 86.1 cm³/mol. The first-order valence-electron chi connectivity index (χ1n) is 7.60. The first-order chi connectivity index (χ1) is 10.8. The minimum atomic E-state index is -0.492. The second-order valence-electron chi connectivity index (χ2n) is 6.58. The zero-order valence-corrected chi connectivity index (χ0v) is 14.0. The Labute approximate surface area is 137 Å². The average Bonchev–Trinajstić information content (AvgIpc) is 2.44. The quantitative estimate of drug-likeness (QED) is 0.923. The molecule has 6 heteroatoms. The SMILES string of the molecule is COc1ccc([C@@H](C#N)NC2CN(C(=O)OC(C)(C)C)C2)cc1. The molecule has 124 valence electrons. The molecule has 1 heterocycles. The maximum Gasteiger partial charge on any atom is 0.410 e. The van der Waals surface area contributed by atoms with E-state index in [2.05, 4.69) is 11.4 Å². The molecule has 0 aliphatic carbocycles. The molecule has 1 aliphatic rings. The molecule has 1 aliphatic heterocycles. The molecule has 0 spiro atoms. The Morgan fingerprint density at radius 1 is 1.35 bits per heavy atom. The van der Waals surface area contributed by atoms with Crippen LogP contribution in [0.25, 0.3) is 0 Å². The molecule has 0 unspecified atom stereocenters. The van der Waals surface area contributed by atoms with E-state index in [-0.39, 0.29) is 12.1 Å². The Kier molecular flexibility index (Phi) is 5.12. The molecule has 0 aromatic heterocycles. The molecule has 1 fully saturated rings. The van der Waals surface area contributed by atoms with E-state index in [1.54, 1.807) is 12.0 Å². The Morgan fingerprint density at radius 2 is 1.96 bits per heavy atom. The van der Waals surface area contributed by atoms with Crippen LogP contribution < -0.4 is 10.1 Å². The monoisotopic (exact) mass is 317 g/mol. The number of likely N-dealkylation sites (tertiary alicyclic amines) is 1. The van der Waals surface area contributed by atoms with Gasteiger partial charge in [0.05, 0.1) is 13.2 Å². The van der Waals surface area contributed by atoms with Gasteiger partial charge in [0, 0.05) is 19.1 Å². The summed E-state index contributed by atoms with van der Waals surface area (Å²) in [5, 5.41) is 12.6. The van der Waals surface area contributed by atoms with Gasteiger partial charge in [0.15, 0.2) is 0 Å². The van der Waals surface area contributed by atoms with Crippen molar-refractivity contribution in [2.75, 3.05) is 20.2 Å². The topological polar surface area (TPSA) is 74.6 Å². The van der Waals surface area contributed by atoms with Crippen molar-refractivity contribution in [3.8, 4) is 11.8 Å². The number of methoxy groups -OCH3 is 1. The van der Waals surface area contributed by atoms with Crippen LogP contribution in [0.1, 0.15) is 32.4 Å². The third kappa shape index (κ3) is 4.60. The highest BCUT2D eigenvalue weighted by atomic mass is 16.6. The van der Waals surface area contributed by atoms with Crippen molar-refractivity contribution in [1.29, 1.82) is 5.26 Å². The number of amides is 1. The summed E-state index contributed by atoms with van der Waals surface area (Å²) in [4.78, 5) is 13.5. The lowest BCUT2D eigenvalue weighted by Crippen LogP contribution is -2.60. The molecule has 0 radical (unpaired) electrons. The molecule has 23 heavy (non-hydrogen) atoms. The Balaban J connectivity index is 1.85. The van der Waals surface area contributed by atoms with Gasteiger partial charge in [0.1, 0.15) is 17.4 Å². The van der Waals surface area contributed by atoms with Gasteiger partial charge >= 0.3 is 6.09 Å². The molecule has 2 rings (SSSR count). The fraction of sp³-hybridized carbons (Fsp3) is 0.529. The Bertz CT molecular complexity index is 581. The van der Waals surface area contributed by atoms with Gasteiger partial charge in [-0.25, -0.2) is 4.79 Å². The van der Waals surface area contributed by atoms with E-state index in [0.717, 1.165) is 11.3 Å². The summed E-state index contributed by atoms with van der Waals surface area (Å²) in [5.41, 5.74) is 0.387. The first kappa shape index (κ1) is 17.1. The van der Waals surface area contributed by atoms with Crippen LogP contribution in [0.2, 0.25) is 0 Å². The van der Waals surface area contributed by atoms with Crippen molar-refractivity contribution in [2.24, 2.45) is 0 Å². The number of rotatable bonds is 4. The van der Waals surface area contributed by atoms with E-state index in [1.165, 1.54) is 0 Å². The summed E-state index contributed by atoms with van der Waals surface area (Å²) in [6.07, 6.45) is -0.312. The summed E-state index contributed by atoms with van der Waals surface area (Å²) >= 11 is 0. The van der Waals surface area contributed by atoms with Gasteiger partial charge in [0.25, 0.3) is 0 Å². The van der Waals surface area contributed by atoms with Crippen LogP contribution >= 0.6 is 0 Å². The number of nitriles is 1. The molecule has 1 N–H and O–H groups in total. The average molecular weight is 317 g/mol. The largest absolute Gasteiger partial charge is 0.497 e. The van der Waals surface area contributed by atoms with Crippen LogP contribution in [0.5, 0.6) is 5.75 Å². The molecule has 6 nitrogen and oxygen atoms in total. The number of benzene rings is 1. The Hall–Kier alpha value is -2.26. The van der Waals surface area contributed by atoms with Crippen LogP contribution in [0, 0.1) is 11.3 Å². The number of hydrogen-bond donors (Lipinski definition) is 1. The van der Waals surface area contributed by atoms with E-state index in [1.807, 2.05) is 45.0 Å². The van der Waals surface area contributed by atoms with E-state index < -0.39 is 11.6 Å². The third-order valence-corrected chi connectivity index (χ3v) is 3.51. The molecule has 0 saturated carbocycles. The van der Waals surface area contributed by atoms with Gasteiger partial charge in [-0.1, -0.05) is 12.1 Å². The molecule has 1 amide bonds. The number of nitrogens with zero attached hydrogens (tertiary/aromatic N) is 2. The lowest BCUT2D eigenvalue weighted by atomic mass is 10.0. The fourth-order valence-corrected chi connectivity index (χ4v) is 2.30. The molecular weight excluding hydrogens is 294 g/mol. The maximum atomic E-state index is 11.9. The second-order valence-corrected chi connectivity index (χ2v) is 6.58. The standard InChI is InChI=1S/C17H23N3O3/c1-17(2,3)23-16(21)20-10-13(11-20)19-15(9-18)12-5-7-14(22-4)8-6-12/h5-8,13,15,19H,10-11H2,1-4H3/t15-/m1/s1. The van der Waals surface area contributed by atoms with Crippen molar-refractivity contribution < 1.29 is 14.3 Å². The fourth-order valence-electron chi connectivity index (χ4n) is 2.30. The van der Waals surface area contributed by atoms with Gasteiger partial charge in [-0.05, 0) is 38.5 Å². The lowest BCUT2D eigenvalue weighted by molar-refractivity contribution is 0.00475. The van der Waals surface area contributed by atoms with Gasteiger partial charge in [-0.3, -0.25) is 5.32 Å². The maximum absolute atomic E-state index is 11.9. The summed E-state index contributed by atoms with van der Waals surface area (Å²) in [7, 11) is 1.61. The van der Waals surface area contributed by atoms with Crippen molar-refractivity contribution in [3.63, 3.8) is 0 Å². The van der Waals surface area contributed by atoms with Crippen LogP contribution in [0.3, 0.4) is 0 Å². The van der Waals surface area contributed by atoms with E-state index >= 15 is 0 Å². The van der Waals surface area contributed by atoms with E-state index in [9.17, 15) is 10.1 Å². The minimum Gasteiger partial charge on any atom is -0.497 e. The summed E-state index contributed by atoms with van der Waals surface area (Å²) in [6.45, 7) is 6.62. The zero-order chi connectivity index (χ0) is 17.0.